The summed E-state index contributed by atoms with van der Waals surface area (Å²) >= 11 is 0. The molecule has 1 fully saturated rings. The number of rotatable bonds is 3. The van der Waals surface area contributed by atoms with Crippen molar-refractivity contribution >= 4 is 5.91 Å². The van der Waals surface area contributed by atoms with Crippen LogP contribution in [0.5, 0.6) is 0 Å². The van der Waals surface area contributed by atoms with Gasteiger partial charge in [0.05, 0.1) is 11.8 Å². The topological polar surface area (TPSA) is 64.2 Å². The highest BCUT2D eigenvalue weighted by molar-refractivity contribution is 5.94. The summed E-state index contributed by atoms with van der Waals surface area (Å²) in [5.74, 6) is 0.720. The van der Waals surface area contributed by atoms with Crippen LogP contribution >= 0.6 is 0 Å². The summed E-state index contributed by atoms with van der Waals surface area (Å²) in [5.41, 5.74) is 6.46. The smallest absolute Gasteiger partial charge is 0.257 e. The molecule has 5 heteroatoms. The molecular weight excluding hydrogens is 228 g/mol. The standard InChI is InChI=1S/C13H22N4O/c1-3-16-9-11(8-15-16)13(18)17-5-4-10(2)6-12(17)7-14/h8-10,12H,3-7,14H2,1-2H3. The van der Waals surface area contributed by atoms with Crippen molar-refractivity contribution in [1.29, 1.82) is 0 Å². The van der Waals surface area contributed by atoms with Crippen molar-refractivity contribution < 1.29 is 4.79 Å². The largest absolute Gasteiger partial charge is 0.334 e. The van der Waals surface area contributed by atoms with Gasteiger partial charge in [0.15, 0.2) is 0 Å². The third-order valence-corrected chi connectivity index (χ3v) is 3.72. The lowest BCUT2D eigenvalue weighted by Gasteiger charge is -2.37. The molecule has 0 radical (unpaired) electrons. The summed E-state index contributed by atoms with van der Waals surface area (Å²) < 4.78 is 1.78. The zero-order valence-electron chi connectivity index (χ0n) is 11.2. The highest BCUT2D eigenvalue weighted by atomic mass is 16.2. The normalized spacial score (nSPS) is 24.3. The molecule has 5 nitrogen and oxygen atoms in total. The second-order valence-corrected chi connectivity index (χ2v) is 5.10. The van der Waals surface area contributed by atoms with E-state index in [0.29, 0.717) is 18.0 Å². The van der Waals surface area contributed by atoms with Gasteiger partial charge in [0.1, 0.15) is 0 Å². The average Bonchev–Trinajstić information content (AvgIpc) is 2.86. The molecule has 1 aromatic heterocycles. The fourth-order valence-electron chi connectivity index (χ4n) is 2.56. The van der Waals surface area contributed by atoms with Gasteiger partial charge < -0.3 is 10.6 Å². The zero-order chi connectivity index (χ0) is 13.1. The third kappa shape index (κ3) is 2.56. The molecule has 1 amide bonds. The van der Waals surface area contributed by atoms with Gasteiger partial charge in [-0.15, -0.1) is 0 Å². The number of carbonyl (C=O) groups is 1. The molecule has 1 aromatic rings. The summed E-state index contributed by atoms with van der Waals surface area (Å²) in [6.07, 6.45) is 5.53. The maximum absolute atomic E-state index is 12.4. The van der Waals surface area contributed by atoms with Crippen molar-refractivity contribution in [2.45, 2.75) is 39.3 Å². The number of aromatic nitrogens is 2. The molecule has 0 aliphatic carbocycles. The van der Waals surface area contributed by atoms with Crippen LogP contribution in [-0.2, 0) is 6.54 Å². The Bertz CT molecular complexity index is 415. The van der Waals surface area contributed by atoms with E-state index in [9.17, 15) is 4.79 Å². The molecule has 1 saturated heterocycles. The SMILES string of the molecule is CCn1cc(C(=O)N2CCC(C)CC2CN)cn1. The van der Waals surface area contributed by atoms with E-state index < -0.39 is 0 Å². The Morgan fingerprint density at radius 3 is 3.00 bits per heavy atom. The molecule has 1 aliphatic rings. The van der Waals surface area contributed by atoms with Gasteiger partial charge in [-0.1, -0.05) is 6.92 Å². The second kappa shape index (κ2) is 5.52. The first kappa shape index (κ1) is 13.1. The molecule has 2 unspecified atom stereocenters. The summed E-state index contributed by atoms with van der Waals surface area (Å²) in [6, 6.07) is 0.172. The Hall–Kier alpha value is -1.36. The number of likely N-dealkylation sites (tertiary alicyclic amines) is 1. The molecule has 2 heterocycles. The van der Waals surface area contributed by atoms with Crippen LogP contribution in [0.15, 0.2) is 12.4 Å². The fourth-order valence-corrected chi connectivity index (χ4v) is 2.56. The van der Waals surface area contributed by atoms with E-state index >= 15 is 0 Å². The molecule has 1 aliphatic heterocycles. The van der Waals surface area contributed by atoms with Crippen molar-refractivity contribution in [3.05, 3.63) is 18.0 Å². The van der Waals surface area contributed by atoms with Crippen molar-refractivity contribution in [2.24, 2.45) is 11.7 Å². The van der Waals surface area contributed by atoms with Crippen LogP contribution in [0.1, 0.15) is 37.0 Å². The first-order valence-electron chi connectivity index (χ1n) is 6.69. The minimum Gasteiger partial charge on any atom is -0.334 e. The van der Waals surface area contributed by atoms with Gasteiger partial charge in [-0.05, 0) is 25.7 Å². The Morgan fingerprint density at radius 2 is 2.39 bits per heavy atom. The predicted octanol–water partition coefficient (Wildman–Crippen LogP) is 1.10. The van der Waals surface area contributed by atoms with Gasteiger partial charge in [0.25, 0.3) is 5.91 Å². The Kier molecular flexibility index (Phi) is 4.01. The number of carbonyl (C=O) groups excluding carboxylic acids is 1. The lowest BCUT2D eigenvalue weighted by molar-refractivity contribution is 0.0573. The van der Waals surface area contributed by atoms with Crippen LogP contribution < -0.4 is 5.73 Å². The van der Waals surface area contributed by atoms with Crippen LogP contribution in [0.4, 0.5) is 0 Å². The first-order chi connectivity index (χ1) is 8.65. The van der Waals surface area contributed by atoms with Gasteiger partial charge >= 0.3 is 0 Å². The minimum absolute atomic E-state index is 0.0667. The van der Waals surface area contributed by atoms with Crippen LogP contribution in [0, 0.1) is 5.92 Å². The molecule has 2 rings (SSSR count). The van der Waals surface area contributed by atoms with Crippen LogP contribution in [0.3, 0.4) is 0 Å². The van der Waals surface area contributed by atoms with E-state index in [2.05, 4.69) is 12.0 Å². The van der Waals surface area contributed by atoms with E-state index in [4.69, 9.17) is 5.73 Å². The number of hydrogen-bond acceptors (Lipinski definition) is 3. The molecule has 2 atom stereocenters. The van der Waals surface area contributed by atoms with E-state index in [-0.39, 0.29) is 11.9 Å². The molecular formula is C13H22N4O. The number of amides is 1. The van der Waals surface area contributed by atoms with E-state index in [0.717, 1.165) is 25.9 Å². The Morgan fingerprint density at radius 1 is 1.61 bits per heavy atom. The molecule has 2 N–H and O–H groups in total. The highest BCUT2D eigenvalue weighted by Crippen LogP contribution is 2.23. The number of piperidine rings is 1. The molecule has 0 spiro atoms. The molecule has 0 saturated carbocycles. The number of hydrogen-bond donors (Lipinski definition) is 1. The summed E-state index contributed by atoms with van der Waals surface area (Å²) in [5, 5.41) is 4.15. The van der Waals surface area contributed by atoms with E-state index in [1.165, 1.54) is 0 Å². The van der Waals surface area contributed by atoms with Gasteiger partial charge in [0, 0.05) is 31.9 Å². The number of aryl methyl sites for hydroxylation is 1. The third-order valence-electron chi connectivity index (χ3n) is 3.72. The summed E-state index contributed by atoms with van der Waals surface area (Å²) in [4.78, 5) is 14.3. The summed E-state index contributed by atoms with van der Waals surface area (Å²) in [7, 11) is 0. The first-order valence-corrected chi connectivity index (χ1v) is 6.69. The average molecular weight is 250 g/mol. The quantitative estimate of drug-likeness (QED) is 0.873. The number of nitrogens with zero attached hydrogens (tertiary/aromatic N) is 3. The van der Waals surface area contributed by atoms with Gasteiger partial charge in [-0.3, -0.25) is 9.48 Å². The zero-order valence-corrected chi connectivity index (χ0v) is 11.2. The van der Waals surface area contributed by atoms with Gasteiger partial charge in [0.2, 0.25) is 0 Å². The molecule has 0 bridgehead atoms. The lowest BCUT2D eigenvalue weighted by Crippen LogP contribution is -2.49. The minimum atomic E-state index is 0.0667. The fraction of sp³-hybridized carbons (Fsp3) is 0.692. The Balaban J connectivity index is 2.11. The number of nitrogens with two attached hydrogens (primary N) is 1. The second-order valence-electron chi connectivity index (χ2n) is 5.10. The lowest BCUT2D eigenvalue weighted by atomic mass is 9.92. The molecule has 0 aromatic carbocycles. The van der Waals surface area contributed by atoms with E-state index in [1.54, 1.807) is 10.9 Å². The Labute approximate surface area is 108 Å². The van der Waals surface area contributed by atoms with Crippen molar-refractivity contribution in [3.63, 3.8) is 0 Å². The molecule has 100 valence electrons. The van der Waals surface area contributed by atoms with Crippen LogP contribution in [0.25, 0.3) is 0 Å². The van der Waals surface area contributed by atoms with Crippen molar-refractivity contribution in [2.75, 3.05) is 13.1 Å². The van der Waals surface area contributed by atoms with Crippen molar-refractivity contribution in [1.82, 2.24) is 14.7 Å². The van der Waals surface area contributed by atoms with Crippen LogP contribution in [-0.4, -0.2) is 39.7 Å². The van der Waals surface area contributed by atoms with Crippen LogP contribution in [0.2, 0.25) is 0 Å². The van der Waals surface area contributed by atoms with E-state index in [1.807, 2.05) is 18.0 Å². The molecule has 18 heavy (non-hydrogen) atoms. The maximum Gasteiger partial charge on any atom is 0.257 e. The maximum atomic E-state index is 12.4. The predicted molar refractivity (Wildman–Crippen MR) is 70.2 cm³/mol. The van der Waals surface area contributed by atoms with Gasteiger partial charge in [-0.2, -0.15) is 5.10 Å². The van der Waals surface area contributed by atoms with Gasteiger partial charge in [-0.25, -0.2) is 0 Å². The van der Waals surface area contributed by atoms with Crippen molar-refractivity contribution in [3.8, 4) is 0 Å². The monoisotopic (exact) mass is 250 g/mol. The summed E-state index contributed by atoms with van der Waals surface area (Å²) in [6.45, 7) is 6.36. The highest BCUT2D eigenvalue weighted by Gasteiger charge is 2.29.